The number of nitrogens with zero attached hydrogens (tertiary/aromatic N) is 4. The maximum Gasteiger partial charge on any atom is 0.157 e. The number of imidazole rings is 1. The lowest BCUT2D eigenvalue weighted by Crippen LogP contribution is -1.95. The third-order valence-corrected chi connectivity index (χ3v) is 3.58. The number of hydrogen-bond donors (Lipinski definition) is 0. The lowest BCUT2D eigenvalue weighted by Gasteiger charge is -2.00. The first-order valence-electron chi connectivity index (χ1n) is 6.27. The summed E-state index contributed by atoms with van der Waals surface area (Å²) < 4.78 is 1.78. The summed E-state index contributed by atoms with van der Waals surface area (Å²) in [5, 5.41) is 4.81. The first-order valence-corrected chi connectivity index (χ1v) is 6.65. The van der Waals surface area contributed by atoms with Crippen LogP contribution in [0.5, 0.6) is 0 Å². The van der Waals surface area contributed by atoms with Gasteiger partial charge in [0.2, 0.25) is 0 Å². The van der Waals surface area contributed by atoms with Gasteiger partial charge in [-0.05, 0) is 37.0 Å². The Morgan fingerprint density at radius 3 is 2.95 bits per heavy atom. The van der Waals surface area contributed by atoms with Gasteiger partial charge in [0.25, 0.3) is 0 Å². The van der Waals surface area contributed by atoms with Crippen molar-refractivity contribution in [3.05, 3.63) is 47.5 Å². The molecule has 1 fully saturated rings. The molecule has 0 bridgehead atoms. The van der Waals surface area contributed by atoms with Crippen molar-refractivity contribution in [2.45, 2.75) is 18.8 Å². The predicted molar refractivity (Wildman–Crippen MR) is 73.2 cm³/mol. The number of aromatic nitrogens is 4. The highest BCUT2D eigenvalue weighted by Gasteiger charge is 2.27. The minimum Gasteiger partial charge on any atom is -0.264 e. The van der Waals surface area contributed by atoms with Gasteiger partial charge in [-0.25, -0.2) is 9.50 Å². The van der Waals surface area contributed by atoms with Crippen LogP contribution in [0.4, 0.5) is 0 Å². The maximum absolute atomic E-state index is 6.08. The van der Waals surface area contributed by atoms with Crippen LogP contribution in [0.15, 0.2) is 36.8 Å². The van der Waals surface area contributed by atoms with Crippen molar-refractivity contribution in [2.24, 2.45) is 0 Å². The fraction of sp³-hybridized carbons (Fsp3) is 0.214. The lowest BCUT2D eigenvalue weighted by atomic mass is 10.2. The smallest absolute Gasteiger partial charge is 0.157 e. The number of halogens is 1. The molecule has 1 aliphatic rings. The molecular weight excluding hydrogens is 260 g/mol. The number of rotatable bonds is 2. The molecule has 19 heavy (non-hydrogen) atoms. The lowest BCUT2D eigenvalue weighted by molar-refractivity contribution is 0.913. The molecule has 0 N–H and O–H groups in total. The van der Waals surface area contributed by atoms with Gasteiger partial charge >= 0.3 is 0 Å². The van der Waals surface area contributed by atoms with Crippen LogP contribution in [-0.4, -0.2) is 19.6 Å². The molecule has 1 aliphatic carbocycles. The molecular formula is C14H11ClN4. The van der Waals surface area contributed by atoms with E-state index in [0.717, 1.165) is 16.9 Å². The molecule has 0 spiro atoms. The molecule has 3 heterocycles. The molecule has 3 aromatic rings. The van der Waals surface area contributed by atoms with Crippen molar-refractivity contribution in [1.82, 2.24) is 19.6 Å². The second kappa shape index (κ2) is 4.03. The number of pyridine rings is 1. The van der Waals surface area contributed by atoms with Gasteiger partial charge in [0.1, 0.15) is 5.15 Å². The molecule has 94 valence electrons. The van der Waals surface area contributed by atoms with E-state index in [1.807, 2.05) is 24.4 Å². The predicted octanol–water partition coefficient (Wildman–Crippen LogP) is 3.32. The molecule has 0 unspecified atom stereocenters. The van der Waals surface area contributed by atoms with Crippen molar-refractivity contribution in [1.29, 1.82) is 0 Å². The average Bonchev–Trinajstić information content (AvgIpc) is 3.18. The van der Waals surface area contributed by atoms with Crippen molar-refractivity contribution >= 4 is 17.2 Å². The highest BCUT2D eigenvalue weighted by atomic mass is 35.5. The molecule has 0 amide bonds. The first kappa shape index (κ1) is 10.9. The van der Waals surface area contributed by atoms with Crippen LogP contribution in [-0.2, 0) is 0 Å². The Bertz CT molecular complexity index is 747. The Morgan fingerprint density at radius 2 is 2.21 bits per heavy atom. The topological polar surface area (TPSA) is 43.1 Å². The van der Waals surface area contributed by atoms with Crippen molar-refractivity contribution in [3.63, 3.8) is 0 Å². The zero-order valence-electron chi connectivity index (χ0n) is 10.1. The molecule has 1 saturated carbocycles. The standard InChI is InChI=1S/C14H11ClN4/c15-13-6-11(9-3-4-9)14-17-12(8-19(14)18-13)10-2-1-5-16-7-10/h1-2,5-9H,3-4H2. The molecule has 3 aromatic heterocycles. The van der Waals surface area contributed by atoms with E-state index in [1.165, 1.54) is 18.4 Å². The van der Waals surface area contributed by atoms with Crippen LogP contribution in [0.2, 0.25) is 5.15 Å². The van der Waals surface area contributed by atoms with Gasteiger partial charge < -0.3 is 0 Å². The van der Waals surface area contributed by atoms with Gasteiger partial charge in [-0.1, -0.05) is 11.6 Å². The van der Waals surface area contributed by atoms with E-state index in [9.17, 15) is 0 Å². The third kappa shape index (κ3) is 1.88. The van der Waals surface area contributed by atoms with Crippen LogP contribution in [0, 0.1) is 0 Å². The van der Waals surface area contributed by atoms with Crippen LogP contribution in [0.1, 0.15) is 24.3 Å². The van der Waals surface area contributed by atoms with Gasteiger partial charge in [0, 0.05) is 23.5 Å². The van der Waals surface area contributed by atoms with Gasteiger partial charge in [-0.15, -0.1) is 0 Å². The van der Waals surface area contributed by atoms with Gasteiger partial charge in [-0.2, -0.15) is 5.10 Å². The fourth-order valence-electron chi connectivity index (χ4n) is 2.32. The summed E-state index contributed by atoms with van der Waals surface area (Å²) >= 11 is 6.08. The summed E-state index contributed by atoms with van der Waals surface area (Å²) in [5.74, 6) is 0.590. The largest absolute Gasteiger partial charge is 0.264 e. The quantitative estimate of drug-likeness (QED) is 0.717. The molecule has 0 aromatic carbocycles. The summed E-state index contributed by atoms with van der Waals surface area (Å²) in [5.41, 5.74) is 3.98. The van der Waals surface area contributed by atoms with Crippen molar-refractivity contribution < 1.29 is 0 Å². The van der Waals surface area contributed by atoms with Crippen LogP contribution in [0.3, 0.4) is 0 Å². The Hall–Kier alpha value is -1.94. The van der Waals surface area contributed by atoms with E-state index in [4.69, 9.17) is 11.6 Å². The SMILES string of the molecule is Clc1cc(C2CC2)c2nc(-c3cccnc3)cn2n1. The zero-order chi connectivity index (χ0) is 12.8. The minimum absolute atomic E-state index is 0.518. The molecule has 0 radical (unpaired) electrons. The number of hydrogen-bond acceptors (Lipinski definition) is 3. The van der Waals surface area contributed by atoms with Crippen molar-refractivity contribution in [3.8, 4) is 11.3 Å². The second-order valence-corrected chi connectivity index (χ2v) is 5.22. The van der Waals surface area contributed by atoms with E-state index in [2.05, 4.69) is 15.1 Å². The molecule has 0 saturated heterocycles. The Labute approximate surface area is 115 Å². The first-order chi connectivity index (χ1) is 9.31. The van der Waals surface area contributed by atoms with E-state index in [1.54, 1.807) is 16.9 Å². The van der Waals surface area contributed by atoms with Gasteiger partial charge in [0.15, 0.2) is 5.65 Å². The monoisotopic (exact) mass is 270 g/mol. The van der Waals surface area contributed by atoms with E-state index >= 15 is 0 Å². The highest BCUT2D eigenvalue weighted by molar-refractivity contribution is 6.29. The highest BCUT2D eigenvalue weighted by Crippen LogP contribution is 2.42. The average molecular weight is 271 g/mol. The summed E-state index contributed by atoms with van der Waals surface area (Å²) in [4.78, 5) is 8.81. The van der Waals surface area contributed by atoms with Gasteiger partial charge in [0.05, 0.1) is 11.9 Å². The maximum atomic E-state index is 6.08. The van der Waals surface area contributed by atoms with Crippen LogP contribution in [0.25, 0.3) is 16.9 Å². The van der Waals surface area contributed by atoms with Gasteiger partial charge in [-0.3, -0.25) is 4.98 Å². The number of fused-ring (bicyclic) bond motifs is 1. The Balaban J connectivity index is 1.93. The fourth-order valence-corrected chi connectivity index (χ4v) is 2.52. The summed E-state index contributed by atoms with van der Waals surface area (Å²) in [6.45, 7) is 0. The van der Waals surface area contributed by atoms with E-state index in [0.29, 0.717) is 11.1 Å². The third-order valence-electron chi connectivity index (χ3n) is 3.40. The van der Waals surface area contributed by atoms with E-state index in [-0.39, 0.29) is 0 Å². The summed E-state index contributed by atoms with van der Waals surface area (Å²) in [7, 11) is 0. The molecule has 4 rings (SSSR count). The Morgan fingerprint density at radius 1 is 1.32 bits per heavy atom. The molecule has 0 atom stereocenters. The van der Waals surface area contributed by atoms with E-state index < -0.39 is 0 Å². The minimum atomic E-state index is 0.518. The molecule has 4 nitrogen and oxygen atoms in total. The second-order valence-electron chi connectivity index (χ2n) is 4.83. The van der Waals surface area contributed by atoms with Crippen LogP contribution < -0.4 is 0 Å². The molecule has 5 heteroatoms. The van der Waals surface area contributed by atoms with Crippen molar-refractivity contribution in [2.75, 3.05) is 0 Å². The summed E-state index contributed by atoms with van der Waals surface area (Å²) in [6, 6.07) is 5.84. The van der Waals surface area contributed by atoms with Crippen LogP contribution >= 0.6 is 11.6 Å². The summed E-state index contributed by atoms with van der Waals surface area (Å²) in [6.07, 6.45) is 7.89. The Kier molecular flexibility index (Phi) is 2.32. The normalized spacial score (nSPS) is 15.0. The zero-order valence-corrected chi connectivity index (χ0v) is 10.9. The molecule has 0 aliphatic heterocycles.